The molecule has 0 radical (unpaired) electrons. The second-order valence-electron chi connectivity index (χ2n) is 6.01. The predicted octanol–water partition coefficient (Wildman–Crippen LogP) is 2.36. The molecule has 2 heterocycles. The average Bonchev–Trinajstić information content (AvgIpc) is 2.47. The summed E-state index contributed by atoms with van der Waals surface area (Å²) in [4.78, 5) is 32.8. The fourth-order valence-corrected chi connectivity index (χ4v) is 4.85. The highest BCUT2D eigenvalue weighted by Gasteiger charge is 2.22. The highest BCUT2D eigenvalue weighted by Crippen LogP contribution is 2.33. The van der Waals surface area contributed by atoms with Gasteiger partial charge >= 0.3 is 5.69 Å². The summed E-state index contributed by atoms with van der Waals surface area (Å²) in [6.07, 6.45) is 1.56. The molecule has 0 spiro atoms. The molecule has 2 rings (SSSR count). The van der Waals surface area contributed by atoms with E-state index in [1.54, 1.807) is 13.2 Å². The van der Waals surface area contributed by atoms with Gasteiger partial charge in [-0.3, -0.25) is 13.9 Å². The number of aromatic nitrogens is 4. The van der Waals surface area contributed by atoms with Crippen LogP contribution < -0.4 is 11.2 Å². The number of fused-ring (bicyclic) bond motifs is 1. The molecule has 0 unspecified atom stereocenters. The summed E-state index contributed by atoms with van der Waals surface area (Å²) >= 11 is 7.15. The molecule has 0 atom stereocenters. The molecule has 0 saturated heterocycles. The lowest BCUT2D eigenvalue weighted by molar-refractivity contribution is 0.704. The van der Waals surface area contributed by atoms with Crippen LogP contribution in [0.4, 0.5) is 0 Å². The van der Waals surface area contributed by atoms with Crippen LogP contribution in [-0.2, 0) is 14.1 Å². The van der Waals surface area contributed by atoms with Crippen molar-refractivity contribution in [3.63, 3.8) is 0 Å². The van der Waals surface area contributed by atoms with Gasteiger partial charge < -0.3 is 0 Å². The largest absolute Gasteiger partial charge is 0.332 e. The topological polar surface area (TPSA) is 69.8 Å². The van der Waals surface area contributed by atoms with Crippen molar-refractivity contribution in [3.05, 3.63) is 36.8 Å². The summed E-state index contributed by atoms with van der Waals surface area (Å²) in [5.41, 5.74) is 0.156. The van der Waals surface area contributed by atoms with E-state index in [0.29, 0.717) is 5.69 Å². The lowest BCUT2D eigenvalue weighted by atomic mass is 10.4. The van der Waals surface area contributed by atoms with Crippen LogP contribution >= 0.6 is 31.9 Å². The molecular weight excluding hydrogens is 432 g/mol. The number of rotatable bonds is 2. The molecule has 0 saturated carbocycles. The van der Waals surface area contributed by atoms with Crippen LogP contribution in [-0.4, -0.2) is 27.2 Å². The van der Waals surface area contributed by atoms with Crippen LogP contribution in [0.25, 0.3) is 15.6 Å². The van der Waals surface area contributed by atoms with Gasteiger partial charge in [-0.25, -0.2) is 14.8 Å². The van der Waals surface area contributed by atoms with Gasteiger partial charge in [0.1, 0.15) is 0 Å². The van der Waals surface area contributed by atoms with E-state index in [9.17, 15) is 9.59 Å². The fraction of sp³-hybridized carbons (Fsp3) is 0.385. The lowest BCUT2D eigenvalue weighted by Gasteiger charge is -2.17. The minimum atomic E-state index is -1.58. The van der Waals surface area contributed by atoms with Crippen LogP contribution in [0.5, 0.6) is 0 Å². The van der Waals surface area contributed by atoms with Gasteiger partial charge in [0, 0.05) is 14.1 Å². The number of nitrogens with zero attached hydrogens (tertiary/aromatic N) is 4. The van der Waals surface area contributed by atoms with Gasteiger partial charge in [0.25, 0.3) is 5.56 Å². The Labute approximate surface area is 145 Å². The minimum absolute atomic E-state index is 0.176. The van der Waals surface area contributed by atoms with Gasteiger partial charge in [-0.1, -0.05) is 35.6 Å². The summed E-state index contributed by atoms with van der Waals surface area (Å²) in [6.45, 7) is 6.57. The maximum atomic E-state index is 12.3. The third kappa shape index (κ3) is 2.89. The summed E-state index contributed by atoms with van der Waals surface area (Å²) in [5.74, 6) is 0. The van der Waals surface area contributed by atoms with Crippen molar-refractivity contribution in [1.82, 2.24) is 19.1 Å². The minimum Gasteiger partial charge on any atom is -0.279 e. The lowest BCUT2D eigenvalue weighted by Crippen LogP contribution is -2.37. The van der Waals surface area contributed by atoms with Crippen LogP contribution in [0.1, 0.15) is 5.69 Å². The Morgan fingerprint density at radius 1 is 1.14 bits per heavy atom. The number of hydrogen-bond acceptors (Lipinski definition) is 4. The highest BCUT2D eigenvalue weighted by atomic mass is 79.9. The molecule has 0 aliphatic heterocycles. The molecule has 2 aromatic rings. The Bertz CT molecular complexity index is 909. The van der Waals surface area contributed by atoms with E-state index in [2.05, 4.69) is 61.5 Å². The van der Waals surface area contributed by atoms with Crippen molar-refractivity contribution in [2.24, 2.45) is 14.1 Å². The van der Waals surface area contributed by atoms with Crippen molar-refractivity contribution in [2.45, 2.75) is 19.6 Å². The first kappa shape index (κ1) is 17.3. The van der Waals surface area contributed by atoms with E-state index >= 15 is 0 Å². The zero-order chi connectivity index (χ0) is 16.8. The monoisotopic (exact) mass is 446 g/mol. The van der Waals surface area contributed by atoms with Crippen LogP contribution in [0, 0.1) is 0 Å². The highest BCUT2D eigenvalue weighted by molar-refractivity contribution is 9.17. The normalized spacial score (nSPS) is 13.4. The van der Waals surface area contributed by atoms with E-state index in [1.807, 2.05) is 0 Å². The molecule has 118 valence electrons. The number of hydrogen-bond donors (Lipinski definition) is 0. The summed E-state index contributed by atoms with van der Waals surface area (Å²) in [7, 11) is 1.43. The molecule has 0 amide bonds. The van der Waals surface area contributed by atoms with Crippen LogP contribution in [0.15, 0.2) is 19.9 Å². The molecule has 6 nitrogen and oxygen atoms in total. The molecule has 0 aromatic carbocycles. The van der Waals surface area contributed by atoms with Crippen molar-refractivity contribution < 1.29 is 0 Å². The SMILES string of the molecule is Cn1c(=O)c2nc(/C(Br)=C(\Br)[Si](C)(C)C)cnc2n(C)c1=O. The van der Waals surface area contributed by atoms with E-state index < -0.39 is 19.3 Å². The number of aryl methyl sites for hydroxylation is 1. The van der Waals surface area contributed by atoms with Gasteiger partial charge in [0.2, 0.25) is 0 Å². The third-order valence-electron chi connectivity index (χ3n) is 3.23. The first-order valence-corrected chi connectivity index (χ1v) is 11.6. The van der Waals surface area contributed by atoms with Crippen LogP contribution in [0.3, 0.4) is 0 Å². The van der Waals surface area contributed by atoms with Crippen molar-refractivity contribution in [3.8, 4) is 0 Å². The smallest absolute Gasteiger partial charge is 0.279 e. The molecule has 0 N–H and O–H groups in total. The molecule has 22 heavy (non-hydrogen) atoms. The van der Waals surface area contributed by atoms with E-state index in [1.165, 1.54) is 11.6 Å². The Morgan fingerprint density at radius 3 is 2.27 bits per heavy atom. The fourth-order valence-electron chi connectivity index (χ4n) is 1.88. The Balaban J connectivity index is 2.83. The van der Waals surface area contributed by atoms with E-state index in [0.717, 1.165) is 13.2 Å². The maximum absolute atomic E-state index is 12.3. The van der Waals surface area contributed by atoms with Crippen molar-refractivity contribution in [2.75, 3.05) is 0 Å². The second-order valence-corrected chi connectivity index (χ2v) is 13.3. The Hall–Kier alpha value is -1.06. The Morgan fingerprint density at radius 2 is 1.73 bits per heavy atom. The molecule has 0 aliphatic carbocycles. The first-order chi connectivity index (χ1) is 10.1. The molecule has 9 heteroatoms. The maximum Gasteiger partial charge on any atom is 0.332 e. The molecule has 2 aromatic heterocycles. The van der Waals surface area contributed by atoms with E-state index in [4.69, 9.17) is 0 Å². The Kier molecular flexibility index (Phi) is 4.60. The molecule has 0 bridgehead atoms. The van der Waals surface area contributed by atoms with Gasteiger partial charge in [-0.05, 0) is 20.0 Å². The second kappa shape index (κ2) is 5.86. The summed E-state index contributed by atoms with van der Waals surface area (Å²) < 4.78 is 4.19. The quantitative estimate of drug-likeness (QED) is 0.662. The van der Waals surface area contributed by atoms with Gasteiger partial charge in [-0.15, -0.1) is 0 Å². The van der Waals surface area contributed by atoms with Crippen molar-refractivity contribution >= 4 is 55.6 Å². The van der Waals surface area contributed by atoms with Gasteiger partial charge in [0.05, 0.1) is 24.4 Å². The molecule has 0 fully saturated rings. The zero-order valence-electron chi connectivity index (χ0n) is 12.9. The summed E-state index contributed by atoms with van der Waals surface area (Å²) in [6, 6.07) is 0. The van der Waals surface area contributed by atoms with Crippen molar-refractivity contribution in [1.29, 1.82) is 0 Å². The van der Waals surface area contributed by atoms with Gasteiger partial charge in [0.15, 0.2) is 11.2 Å². The number of halogens is 2. The first-order valence-electron chi connectivity index (χ1n) is 6.54. The van der Waals surface area contributed by atoms with Gasteiger partial charge in [-0.2, -0.15) is 0 Å². The summed E-state index contributed by atoms with van der Waals surface area (Å²) in [5, 5.41) is 0. The standard InChI is InChI=1S/C13H16Br2N4O2Si/c1-18-11-9(12(20)19(2)13(18)21)17-7(6-16-11)8(14)10(15)22(3,4)5/h6H,1-5H3/b10-8-. The molecular formula is C13H16Br2N4O2Si. The average molecular weight is 448 g/mol. The predicted molar refractivity (Wildman–Crippen MR) is 98.1 cm³/mol. The molecule has 0 aliphatic rings. The van der Waals surface area contributed by atoms with Crippen LogP contribution in [0.2, 0.25) is 19.6 Å². The van der Waals surface area contributed by atoms with E-state index in [-0.39, 0.29) is 11.2 Å². The third-order valence-corrected chi connectivity index (χ3v) is 10.5. The zero-order valence-corrected chi connectivity index (χ0v) is 17.1.